The first-order valence-corrected chi connectivity index (χ1v) is 9.37. The highest BCUT2D eigenvalue weighted by Crippen LogP contribution is 2.33. The summed E-state index contributed by atoms with van der Waals surface area (Å²) in [5.74, 6) is 5.08. The lowest BCUT2D eigenvalue weighted by Gasteiger charge is -2.43. The molecular formula is C13H26N2OS2. The zero-order valence-electron chi connectivity index (χ0n) is 11.5. The highest BCUT2D eigenvalue weighted by atomic mass is 32.2. The summed E-state index contributed by atoms with van der Waals surface area (Å²) in [6.07, 6.45) is 1.34. The minimum absolute atomic E-state index is 0.408. The molecule has 2 fully saturated rings. The Kier molecular flexibility index (Phi) is 6.66. The minimum atomic E-state index is 0.408. The summed E-state index contributed by atoms with van der Waals surface area (Å²) in [4.78, 5) is 2.68. The number of hydrogen-bond acceptors (Lipinski definition) is 5. The molecule has 0 spiro atoms. The van der Waals surface area contributed by atoms with Crippen LogP contribution in [0.15, 0.2) is 0 Å². The van der Waals surface area contributed by atoms with Crippen molar-refractivity contribution in [2.45, 2.75) is 18.9 Å². The first-order chi connectivity index (χ1) is 8.87. The van der Waals surface area contributed by atoms with Crippen molar-refractivity contribution < 1.29 is 4.74 Å². The lowest BCUT2D eigenvalue weighted by atomic mass is 9.95. The highest BCUT2D eigenvalue weighted by Gasteiger charge is 2.40. The van der Waals surface area contributed by atoms with E-state index >= 15 is 0 Å². The van der Waals surface area contributed by atoms with E-state index in [4.69, 9.17) is 4.74 Å². The molecule has 2 saturated heterocycles. The lowest BCUT2D eigenvalue weighted by molar-refractivity contribution is -0.0131. The van der Waals surface area contributed by atoms with E-state index < -0.39 is 0 Å². The topological polar surface area (TPSA) is 24.5 Å². The van der Waals surface area contributed by atoms with Crippen LogP contribution < -0.4 is 5.32 Å². The Morgan fingerprint density at radius 3 is 2.89 bits per heavy atom. The maximum Gasteiger partial charge on any atom is 0.0594 e. The van der Waals surface area contributed by atoms with Gasteiger partial charge in [0, 0.05) is 43.2 Å². The second kappa shape index (κ2) is 8.00. The maximum atomic E-state index is 5.49. The van der Waals surface area contributed by atoms with Crippen LogP contribution in [0.5, 0.6) is 0 Å². The zero-order valence-corrected chi connectivity index (χ0v) is 13.1. The Hall–Kier alpha value is 0.580. The molecule has 0 aliphatic carbocycles. The standard InChI is InChI=1S/C13H26N2OS2/c1-2-17-10-4-14-11-13(3-9-18-12-13)15-5-7-16-8-6-15/h14H,2-12H2,1H3. The van der Waals surface area contributed by atoms with Crippen molar-refractivity contribution in [3.8, 4) is 0 Å². The molecule has 3 nitrogen and oxygen atoms in total. The molecule has 2 heterocycles. The van der Waals surface area contributed by atoms with Gasteiger partial charge in [0.15, 0.2) is 0 Å². The van der Waals surface area contributed by atoms with E-state index in [-0.39, 0.29) is 0 Å². The fourth-order valence-electron chi connectivity index (χ4n) is 2.74. The number of nitrogens with zero attached hydrogens (tertiary/aromatic N) is 1. The van der Waals surface area contributed by atoms with Crippen LogP contribution in [0.3, 0.4) is 0 Å². The fraction of sp³-hybridized carbons (Fsp3) is 1.00. The van der Waals surface area contributed by atoms with Crippen molar-refractivity contribution in [2.24, 2.45) is 0 Å². The summed E-state index contributed by atoms with van der Waals surface area (Å²) in [7, 11) is 0. The normalized spacial score (nSPS) is 29.8. The first kappa shape index (κ1) is 15.0. The van der Waals surface area contributed by atoms with Gasteiger partial charge in [-0.05, 0) is 17.9 Å². The van der Waals surface area contributed by atoms with Gasteiger partial charge >= 0.3 is 0 Å². The van der Waals surface area contributed by atoms with Crippen molar-refractivity contribution in [1.82, 2.24) is 10.2 Å². The first-order valence-electron chi connectivity index (χ1n) is 7.06. The third-order valence-corrected chi connectivity index (χ3v) is 5.98. The average Bonchev–Trinajstić information content (AvgIpc) is 2.90. The van der Waals surface area contributed by atoms with E-state index in [9.17, 15) is 0 Å². The van der Waals surface area contributed by atoms with E-state index in [0.29, 0.717) is 5.54 Å². The van der Waals surface area contributed by atoms with Crippen LogP contribution in [0.2, 0.25) is 0 Å². The summed E-state index contributed by atoms with van der Waals surface area (Å²) in [6.45, 7) is 8.60. The van der Waals surface area contributed by atoms with Crippen molar-refractivity contribution >= 4 is 23.5 Å². The molecule has 2 rings (SSSR count). The van der Waals surface area contributed by atoms with Gasteiger partial charge in [-0.3, -0.25) is 4.90 Å². The van der Waals surface area contributed by atoms with Crippen LogP contribution in [-0.2, 0) is 4.74 Å². The molecule has 0 amide bonds. The molecule has 1 atom stereocenters. The van der Waals surface area contributed by atoms with Gasteiger partial charge in [0.1, 0.15) is 0 Å². The number of rotatable bonds is 7. The van der Waals surface area contributed by atoms with E-state index in [1.54, 1.807) is 0 Å². The van der Waals surface area contributed by atoms with E-state index in [1.807, 2.05) is 11.8 Å². The van der Waals surface area contributed by atoms with Crippen LogP contribution in [0, 0.1) is 0 Å². The van der Waals surface area contributed by atoms with E-state index in [2.05, 4.69) is 28.9 Å². The van der Waals surface area contributed by atoms with Gasteiger partial charge in [0.25, 0.3) is 0 Å². The summed E-state index contributed by atoms with van der Waals surface area (Å²) >= 11 is 4.14. The number of ether oxygens (including phenoxy) is 1. The monoisotopic (exact) mass is 290 g/mol. The molecule has 2 aliphatic rings. The molecule has 0 aromatic rings. The predicted molar refractivity (Wildman–Crippen MR) is 82.9 cm³/mol. The zero-order chi connectivity index (χ0) is 12.7. The summed E-state index contributed by atoms with van der Waals surface area (Å²) in [5.41, 5.74) is 0.408. The quantitative estimate of drug-likeness (QED) is 0.717. The van der Waals surface area contributed by atoms with Gasteiger partial charge in [0.05, 0.1) is 13.2 Å². The maximum absolute atomic E-state index is 5.49. The van der Waals surface area contributed by atoms with Crippen LogP contribution >= 0.6 is 23.5 Å². The van der Waals surface area contributed by atoms with E-state index in [1.165, 1.54) is 29.4 Å². The van der Waals surface area contributed by atoms with Crippen molar-refractivity contribution in [1.29, 1.82) is 0 Å². The lowest BCUT2D eigenvalue weighted by Crippen LogP contribution is -2.58. The number of hydrogen-bond donors (Lipinski definition) is 1. The van der Waals surface area contributed by atoms with Gasteiger partial charge in [-0.1, -0.05) is 6.92 Å². The molecule has 0 radical (unpaired) electrons. The molecule has 106 valence electrons. The number of nitrogens with one attached hydrogen (secondary N) is 1. The van der Waals surface area contributed by atoms with Crippen molar-refractivity contribution in [3.63, 3.8) is 0 Å². The predicted octanol–water partition coefficient (Wildman–Crippen LogP) is 1.54. The van der Waals surface area contributed by atoms with Gasteiger partial charge < -0.3 is 10.1 Å². The number of thioether (sulfide) groups is 2. The van der Waals surface area contributed by atoms with Crippen molar-refractivity contribution in [3.05, 3.63) is 0 Å². The van der Waals surface area contributed by atoms with Gasteiger partial charge in [0.2, 0.25) is 0 Å². The largest absolute Gasteiger partial charge is 0.379 e. The Bertz CT molecular complexity index is 229. The van der Waals surface area contributed by atoms with Gasteiger partial charge in [-0.2, -0.15) is 23.5 Å². The molecule has 1 unspecified atom stereocenters. The molecule has 5 heteroatoms. The Balaban J connectivity index is 1.78. The highest BCUT2D eigenvalue weighted by molar-refractivity contribution is 7.99. The Morgan fingerprint density at radius 1 is 1.39 bits per heavy atom. The van der Waals surface area contributed by atoms with Crippen LogP contribution in [0.4, 0.5) is 0 Å². The second-order valence-corrected chi connectivity index (χ2v) is 7.50. The average molecular weight is 290 g/mol. The summed E-state index contributed by atoms with van der Waals surface area (Å²) < 4.78 is 5.49. The van der Waals surface area contributed by atoms with Crippen molar-refractivity contribution in [2.75, 3.05) is 62.4 Å². The van der Waals surface area contributed by atoms with Crippen LogP contribution in [0.1, 0.15) is 13.3 Å². The summed E-state index contributed by atoms with van der Waals surface area (Å²) in [5, 5.41) is 3.68. The smallest absolute Gasteiger partial charge is 0.0594 e. The third kappa shape index (κ3) is 4.04. The Morgan fingerprint density at radius 2 is 2.22 bits per heavy atom. The van der Waals surface area contributed by atoms with E-state index in [0.717, 1.165) is 39.4 Å². The minimum Gasteiger partial charge on any atom is -0.379 e. The second-order valence-electron chi connectivity index (χ2n) is 5.00. The van der Waals surface area contributed by atoms with Gasteiger partial charge in [-0.25, -0.2) is 0 Å². The molecule has 0 aromatic heterocycles. The van der Waals surface area contributed by atoms with Gasteiger partial charge in [-0.15, -0.1) is 0 Å². The van der Waals surface area contributed by atoms with Crippen LogP contribution in [-0.4, -0.2) is 72.8 Å². The van der Waals surface area contributed by atoms with Crippen LogP contribution in [0.25, 0.3) is 0 Å². The Labute approximate surface area is 120 Å². The molecule has 0 saturated carbocycles. The molecule has 18 heavy (non-hydrogen) atoms. The molecular weight excluding hydrogens is 264 g/mol. The third-order valence-electron chi connectivity index (χ3n) is 3.85. The SMILES string of the molecule is CCSCCNCC1(N2CCOCC2)CCSC1. The summed E-state index contributed by atoms with van der Waals surface area (Å²) in [6, 6.07) is 0. The molecule has 2 aliphatic heterocycles. The molecule has 0 bridgehead atoms. The molecule has 0 aromatic carbocycles. The fourth-order valence-corrected chi connectivity index (χ4v) is 4.80. The number of morpholine rings is 1. The molecule has 1 N–H and O–H groups in total.